The van der Waals surface area contributed by atoms with Crippen molar-refractivity contribution in [3.05, 3.63) is 52.0 Å². The van der Waals surface area contributed by atoms with Gasteiger partial charge in [0.05, 0.1) is 12.0 Å². The van der Waals surface area contributed by atoms with Gasteiger partial charge in [-0.2, -0.15) is 0 Å². The molecule has 1 aromatic carbocycles. The van der Waals surface area contributed by atoms with E-state index in [2.05, 4.69) is 49.2 Å². The van der Waals surface area contributed by atoms with Crippen LogP contribution in [0.3, 0.4) is 0 Å². The lowest BCUT2D eigenvalue weighted by Gasteiger charge is -2.17. The number of aryl methyl sites for hydroxylation is 1. The summed E-state index contributed by atoms with van der Waals surface area (Å²) in [5.74, 6) is 1.29. The Morgan fingerprint density at radius 3 is 2.29 bits per heavy atom. The summed E-state index contributed by atoms with van der Waals surface area (Å²) < 4.78 is 4.58. The second kappa shape index (κ2) is 6.41. The molecule has 0 spiro atoms. The molecule has 4 heteroatoms. The van der Waals surface area contributed by atoms with Crippen molar-refractivity contribution in [1.29, 1.82) is 0 Å². The number of hydrogen-bond donors (Lipinski definition) is 0. The first-order valence-corrected chi connectivity index (χ1v) is 8.12. The molecular formula is C17H23Cl2N2+. The van der Waals surface area contributed by atoms with E-state index in [9.17, 15) is 0 Å². The standard InChI is InChI=1S/C17H23Cl2N2/c1-5-9-20-10-11-21(16(20)17(2,3)4)12-13-14(18)7-6-8-15(13)19/h6-8,10-11H,5,9,12H2,1-4H3/q+1. The van der Waals surface area contributed by atoms with Crippen LogP contribution in [0.4, 0.5) is 0 Å². The fourth-order valence-corrected chi connectivity index (χ4v) is 3.25. The van der Waals surface area contributed by atoms with Gasteiger partial charge in [0.25, 0.3) is 5.82 Å². The smallest absolute Gasteiger partial charge is 0.234 e. The molecule has 2 aromatic rings. The third-order valence-electron chi connectivity index (χ3n) is 3.50. The van der Waals surface area contributed by atoms with Crippen LogP contribution in [0.1, 0.15) is 45.5 Å². The van der Waals surface area contributed by atoms with Gasteiger partial charge in [-0.25, -0.2) is 9.13 Å². The van der Waals surface area contributed by atoms with Crippen molar-refractivity contribution < 1.29 is 4.57 Å². The molecule has 0 atom stereocenters. The summed E-state index contributed by atoms with van der Waals surface area (Å²) in [5.41, 5.74) is 1.04. The molecule has 1 aromatic heterocycles. The predicted octanol–water partition coefficient (Wildman–Crippen LogP) is 4.84. The molecule has 0 bridgehead atoms. The van der Waals surface area contributed by atoms with Crippen LogP contribution in [0.25, 0.3) is 0 Å². The normalized spacial score (nSPS) is 11.9. The predicted molar refractivity (Wildman–Crippen MR) is 89.2 cm³/mol. The average molecular weight is 326 g/mol. The summed E-state index contributed by atoms with van der Waals surface area (Å²) in [6.07, 6.45) is 5.38. The van der Waals surface area contributed by atoms with Crippen molar-refractivity contribution >= 4 is 23.2 Å². The van der Waals surface area contributed by atoms with Crippen molar-refractivity contribution in [1.82, 2.24) is 4.57 Å². The van der Waals surface area contributed by atoms with Crippen molar-refractivity contribution in [2.45, 2.75) is 52.6 Å². The fraction of sp³-hybridized carbons (Fsp3) is 0.471. The van der Waals surface area contributed by atoms with Gasteiger partial charge < -0.3 is 0 Å². The second-order valence-corrected chi connectivity index (χ2v) is 7.21. The van der Waals surface area contributed by atoms with Crippen LogP contribution < -0.4 is 4.57 Å². The van der Waals surface area contributed by atoms with Crippen molar-refractivity contribution in [3.8, 4) is 0 Å². The quantitative estimate of drug-likeness (QED) is 0.711. The van der Waals surface area contributed by atoms with Crippen LogP contribution in [0.2, 0.25) is 10.0 Å². The van der Waals surface area contributed by atoms with E-state index in [1.807, 2.05) is 18.2 Å². The van der Waals surface area contributed by atoms with E-state index in [-0.39, 0.29) is 5.41 Å². The summed E-state index contributed by atoms with van der Waals surface area (Å²) >= 11 is 12.6. The Hall–Kier alpha value is -0.990. The largest absolute Gasteiger partial charge is 0.262 e. The van der Waals surface area contributed by atoms with Gasteiger partial charge in [-0.1, -0.05) is 36.2 Å². The van der Waals surface area contributed by atoms with Gasteiger partial charge in [0.1, 0.15) is 18.9 Å². The molecular weight excluding hydrogens is 303 g/mol. The van der Waals surface area contributed by atoms with Gasteiger partial charge in [0.15, 0.2) is 0 Å². The van der Waals surface area contributed by atoms with Gasteiger partial charge in [0, 0.05) is 15.6 Å². The van der Waals surface area contributed by atoms with Gasteiger partial charge in [-0.05, 0) is 39.3 Å². The minimum absolute atomic E-state index is 0.0619. The molecule has 114 valence electrons. The Balaban J connectivity index is 2.45. The van der Waals surface area contributed by atoms with Gasteiger partial charge in [0.2, 0.25) is 0 Å². The molecule has 0 saturated heterocycles. The highest BCUT2D eigenvalue weighted by Gasteiger charge is 2.30. The van der Waals surface area contributed by atoms with Crippen LogP contribution in [-0.4, -0.2) is 4.57 Å². The zero-order valence-corrected chi connectivity index (χ0v) is 14.7. The molecule has 0 saturated carbocycles. The SMILES string of the molecule is CCCn1cc[n+](Cc2c(Cl)cccc2Cl)c1C(C)(C)C. The molecule has 0 radical (unpaired) electrons. The molecule has 1 heterocycles. The topological polar surface area (TPSA) is 8.81 Å². The van der Waals surface area contributed by atoms with E-state index < -0.39 is 0 Å². The van der Waals surface area contributed by atoms with E-state index >= 15 is 0 Å². The van der Waals surface area contributed by atoms with Crippen LogP contribution in [0.5, 0.6) is 0 Å². The van der Waals surface area contributed by atoms with Gasteiger partial charge >= 0.3 is 0 Å². The molecule has 0 fully saturated rings. The van der Waals surface area contributed by atoms with Crippen LogP contribution >= 0.6 is 23.2 Å². The monoisotopic (exact) mass is 325 g/mol. The highest BCUT2D eigenvalue weighted by atomic mass is 35.5. The fourth-order valence-electron chi connectivity index (χ4n) is 2.73. The van der Waals surface area contributed by atoms with Crippen molar-refractivity contribution in [2.24, 2.45) is 0 Å². The minimum atomic E-state index is 0.0619. The summed E-state index contributed by atoms with van der Waals surface area (Å²) in [5, 5.41) is 1.44. The summed E-state index contributed by atoms with van der Waals surface area (Å²) in [7, 11) is 0. The molecule has 0 aliphatic heterocycles. The van der Waals surface area contributed by atoms with E-state index in [4.69, 9.17) is 23.2 Å². The Morgan fingerprint density at radius 1 is 1.14 bits per heavy atom. The highest BCUT2D eigenvalue weighted by molar-refractivity contribution is 6.35. The average Bonchev–Trinajstić information content (AvgIpc) is 2.77. The van der Waals surface area contributed by atoms with Gasteiger partial charge in [-0.3, -0.25) is 0 Å². The molecule has 0 unspecified atom stereocenters. The molecule has 21 heavy (non-hydrogen) atoms. The summed E-state index contributed by atoms with van der Waals surface area (Å²) in [6, 6.07) is 5.66. The maximum absolute atomic E-state index is 6.31. The number of halogens is 2. The van der Waals surface area contributed by atoms with Crippen LogP contribution in [0.15, 0.2) is 30.6 Å². The van der Waals surface area contributed by atoms with E-state index in [1.54, 1.807) is 0 Å². The number of rotatable bonds is 4. The maximum atomic E-state index is 6.31. The summed E-state index contributed by atoms with van der Waals surface area (Å²) in [6.45, 7) is 10.6. The lowest BCUT2D eigenvalue weighted by Crippen LogP contribution is -2.43. The van der Waals surface area contributed by atoms with Crippen LogP contribution in [-0.2, 0) is 18.5 Å². The lowest BCUT2D eigenvalue weighted by molar-refractivity contribution is -0.698. The Bertz CT molecular complexity index is 604. The first-order chi connectivity index (χ1) is 9.84. The van der Waals surface area contributed by atoms with Crippen molar-refractivity contribution in [2.75, 3.05) is 0 Å². The number of aromatic nitrogens is 2. The molecule has 0 aliphatic rings. The zero-order chi connectivity index (χ0) is 15.6. The Morgan fingerprint density at radius 2 is 1.76 bits per heavy atom. The molecule has 0 amide bonds. The first-order valence-electron chi connectivity index (χ1n) is 7.36. The van der Waals surface area contributed by atoms with E-state index in [0.717, 1.165) is 28.6 Å². The Kier molecular flexibility index (Phi) is 5.00. The molecule has 2 rings (SSSR count). The highest BCUT2D eigenvalue weighted by Crippen LogP contribution is 2.25. The third-order valence-corrected chi connectivity index (χ3v) is 4.20. The zero-order valence-electron chi connectivity index (χ0n) is 13.2. The maximum Gasteiger partial charge on any atom is 0.262 e. The summed E-state index contributed by atoms with van der Waals surface area (Å²) in [4.78, 5) is 0. The molecule has 0 N–H and O–H groups in total. The second-order valence-electron chi connectivity index (χ2n) is 6.39. The number of imidazole rings is 1. The van der Waals surface area contributed by atoms with Crippen LogP contribution in [0, 0.1) is 0 Å². The van der Waals surface area contributed by atoms with E-state index in [0.29, 0.717) is 6.54 Å². The number of benzene rings is 1. The van der Waals surface area contributed by atoms with Gasteiger partial charge in [-0.15, -0.1) is 0 Å². The number of hydrogen-bond acceptors (Lipinski definition) is 0. The third kappa shape index (κ3) is 3.61. The van der Waals surface area contributed by atoms with Crippen molar-refractivity contribution in [3.63, 3.8) is 0 Å². The molecule has 2 nitrogen and oxygen atoms in total. The first kappa shape index (κ1) is 16.4. The number of nitrogens with zero attached hydrogens (tertiary/aromatic N) is 2. The van der Waals surface area contributed by atoms with E-state index in [1.165, 1.54) is 5.82 Å². The molecule has 0 aliphatic carbocycles. The lowest BCUT2D eigenvalue weighted by atomic mass is 9.95. The minimum Gasteiger partial charge on any atom is -0.234 e. The Labute approximate surface area is 137 Å².